The summed E-state index contributed by atoms with van der Waals surface area (Å²) in [5.41, 5.74) is 3.22. The molecule has 0 aliphatic rings. The van der Waals surface area contributed by atoms with Gasteiger partial charge in [0.25, 0.3) is 0 Å². The number of rotatable bonds is 0. The molecule has 0 aliphatic heterocycles. The Morgan fingerprint density at radius 1 is 0.364 bits per heavy atom. The Labute approximate surface area is 160 Å². The fourth-order valence-electron chi connectivity index (χ4n) is 1.43. The molecule has 22 heavy (non-hydrogen) atoms. The van der Waals surface area contributed by atoms with Crippen LogP contribution < -0.4 is 0 Å². The Morgan fingerprint density at radius 3 is 0.636 bits per heavy atom. The van der Waals surface area contributed by atoms with Crippen LogP contribution >= 0.6 is 0 Å². The van der Waals surface area contributed by atoms with Crippen molar-refractivity contribution in [3.63, 3.8) is 0 Å². The van der Waals surface area contributed by atoms with Crippen molar-refractivity contribution in [3.8, 4) is 0 Å². The fourth-order valence-corrected chi connectivity index (χ4v) is 1.43. The predicted molar refractivity (Wildman–Crippen MR) is 92.7 cm³/mol. The second-order valence-electron chi connectivity index (χ2n) is 4.46. The minimum absolute atomic E-state index is 0. The molecule has 3 aromatic rings. The van der Waals surface area contributed by atoms with Gasteiger partial charge < -0.3 is 0 Å². The van der Waals surface area contributed by atoms with Crippen molar-refractivity contribution in [3.05, 3.63) is 128 Å². The van der Waals surface area contributed by atoms with Crippen LogP contribution in [0, 0.1) is 20.8 Å². The molecule has 0 nitrogen and oxygen atoms in total. The van der Waals surface area contributed by atoms with Gasteiger partial charge in [0.05, 0.1) is 0 Å². The molecule has 0 saturated heterocycles. The molecule has 1 heteroatoms. The van der Waals surface area contributed by atoms with Crippen LogP contribution in [0.3, 0.4) is 0 Å². The molecule has 108 valence electrons. The Morgan fingerprint density at radius 2 is 0.545 bits per heavy atom. The zero-order valence-corrected chi connectivity index (χ0v) is 15.7. The van der Waals surface area contributed by atoms with Gasteiger partial charge in [-0.05, 0) is 0 Å². The van der Waals surface area contributed by atoms with E-state index in [9.17, 15) is 0 Å². The van der Waals surface area contributed by atoms with Gasteiger partial charge in [-0.1, -0.05) is 18.2 Å². The SMILES string of the molecule is [CH2-]c1ccccc1.[CH2-]c1ccccc1.[CH2-]c1ccccc1.[Y+3]. The van der Waals surface area contributed by atoms with Crippen LogP contribution in [0.25, 0.3) is 0 Å². The Hall–Kier alpha value is -1.63. The minimum atomic E-state index is 0. The van der Waals surface area contributed by atoms with E-state index in [-0.39, 0.29) is 32.7 Å². The van der Waals surface area contributed by atoms with Gasteiger partial charge in [0.15, 0.2) is 0 Å². The summed E-state index contributed by atoms with van der Waals surface area (Å²) in [6.45, 7) is 11.2. The van der Waals surface area contributed by atoms with Crippen LogP contribution in [0.1, 0.15) is 16.7 Å². The van der Waals surface area contributed by atoms with E-state index in [2.05, 4.69) is 20.8 Å². The maximum Gasteiger partial charge on any atom is 3.00 e. The van der Waals surface area contributed by atoms with Crippen LogP contribution in [0.5, 0.6) is 0 Å². The molecule has 0 unspecified atom stereocenters. The van der Waals surface area contributed by atoms with Crippen molar-refractivity contribution in [2.45, 2.75) is 0 Å². The summed E-state index contributed by atoms with van der Waals surface area (Å²) in [4.78, 5) is 0. The van der Waals surface area contributed by atoms with Crippen LogP contribution in [0.4, 0.5) is 0 Å². The van der Waals surface area contributed by atoms with E-state index in [1.807, 2.05) is 91.0 Å². The molecule has 0 atom stereocenters. The summed E-state index contributed by atoms with van der Waals surface area (Å²) in [6.07, 6.45) is 0. The molecule has 0 saturated carbocycles. The topological polar surface area (TPSA) is 0 Å². The maximum absolute atomic E-state index is 3.72. The van der Waals surface area contributed by atoms with Crippen LogP contribution in [-0.2, 0) is 32.7 Å². The summed E-state index contributed by atoms with van der Waals surface area (Å²) < 4.78 is 0. The Kier molecular flexibility index (Phi) is 12.1. The third-order valence-electron chi connectivity index (χ3n) is 2.53. The van der Waals surface area contributed by atoms with Gasteiger partial charge in [-0.2, -0.15) is 73.9 Å². The largest absolute Gasteiger partial charge is 3.00 e. The maximum atomic E-state index is 3.72. The van der Waals surface area contributed by atoms with Gasteiger partial charge in [-0.25, -0.2) is 0 Å². The zero-order valence-electron chi connectivity index (χ0n) is 12.9. The van der Waals surface area contributed by atoms with Crippen LogP contribution in [0.15, 0.2) is 91.0 Å². The van der Waals surface area contributed by atoms with Crippen LogP contribution in [0.2, 0.25) is 0 Å². The molecule has 0 bridgehead atoms. The zero-order chi connectivity index (χ0) is 15.3. The van der Waals surface area contributed by atoms with Gasteiger partial charge in [0.2, 0.25) is 0 Å². The van der Waals surface area contributed by atoms with Crippen molar-refractivity contribution in [1.29, 1.82) is 0 Å². The summed E-state index contributed by atoms with van der Waals surface area (Å²) in [5, 5.41) is 0. The van der Waals surface area contributed by atoms with E-state index in [4.69, 9.17) is 0 Å². The number of benzene rings is 3. The summed E-state index contributed by atoms with van der Waals surface area (Å²) in [7, 11) is 0. The molecule has 3 aromatic carbocycles. The van der Waals surface area contributed by atoms with E-state index < -0.39 is 0 Å². The second-order valence-corrected chi connectivity index (χ2v) is 4.46. The third kappa shape index (κ3) is 11.1. The number of hydrogen-bond acceptors (Lipinski definition) is 0. The first-order valence-corrected chi connectivity index (χ1v) is 6.79. The molecular weight excluding hydrogens is 341 g/mol. The first kappa shape index (κ1) is 20.4. The van der Waals surface area contributed by atoms with Crippen molar-refractivity contribution in [2.24, 2.45) is 0 Å². The fraction of sp³-hybridized carbons (Fsp3) is 0. The quantitative estimate of drug-likeness (QED) is 0.457. The van der Waals surface area contributed by atoms with E-state index in [0.29, 0.717) is 0 Å². The van der Waals surface area contributed by atoms with Gasteiger partial charge in [0, 0.05) is 0 Å². The van der Waals surface area contributed by atoms with Crippen molar-refractivity contribution >= 4 is 0 Å². The normalized spacial score (nSPS) is 8.18. The minimum Gasteiger partial charge on any atom is -0.199 e. The Balaban J connectivity index is 0.000000294. The first-order chi connectivity index (χ1) is 10.2. The van der Waals surface area contributed by atoms with Crippen molar-refractivity contribution in [1.82, 2.24) is 0 Å². The summed E-state index contributed by atoms with van der Waals surface area (Å²) in [5.74, 6) is 0. The predicted octanol–water partition coefficient (Wildman–Crippen LogP) is 5.60. The number of hydrogen-bond donors (Lipinski definition) is 0. The molecule has 0 N–H and O–H groups in total. The molecular formula is C21H21Y. The van der Waals surface area contributed by atoms with Gasteiger partial charge in [-0.15, -0.1) is 36.4 Å². The summed E-state index contributed by atoms with van der Waals surface area (Å²) in [6, 6.07) is 29.6. The molecule has 0 heterocycles. The molecule has 0 fully saturated rings. The summed E-state index contributed by atoms with van der Waals surface area (Å²) >= 11 is 0. The van der Waals surface area contributed by atoms with E-state index >= 15 is 0 Å². The van der Waals surface area contributed by atoms with Crippen molar-refractivity contribution < 1.29 is 32.7 Å². The third-order valence-corrected chi connectivity index (χ3v) is 2.53. The van der Waals surface area contributed by atoms with E-state index in [1.54, 1.807) is 0 Å². The van der Waals surface area contributed by atoms with Crippen molar-refractivity contribution in [2.75, 3.05) is 0 Å². The monoisotopic (exact) mass is 362 g/mol. The molecule has 0 radical (unpaired) electrons. The van der Waals surface area contributed by atoms with E-state index in [0.717, 1.165) is 16.7 Å². The molecule has 0 aliphatic carbocycles. The van der Waals surface area contributed by atoms with Crippen LogP contribution in [-0.4, -0.2) is 0 Å². The van der Waals surface area contributed by atoms with Gasteiger partial charge in [0.1, 0.15) is 0 Å². The molecule has 3 rings (SSSR count). The average Bonchev–Trinajstić information content (AvgIpc) is 2.51. The van der Waals surface area contributed by atoms with Gasteiger partial charge >= 0.3 is 32.7 Å². The standard InChI is InChI=1S/3C7H7.Y/c3*1-7-5-3-2-4-6-7;/h3*2-6H,1H2;/q3*-1;+3. The smallest absolute Gasteiger partial charge is 0.199 e. The van der Waals surface area contributed by atoms with E-state index in [1.165, 1.54) is 0 Å². The molecule has 0 spiro atoms. The molecule has 0 amide bonds. The first-order valence-electron chi connectivity index (χ1n) is 6.79. The Bertz CT molecular complexity index is 485. The average molecular weight is 362 g/mol. The second kappa shape index (κ2) is 13.1. The molecule has 0 aromatic heterocycles. The van der Waals surface area contributed by atoms with Gasteiger partial charge in [-0.3, -0.25) is 0 Å².